The third-order valence-corrected chi connectivity index (χ3v) is 5.63. The number of H-pyrrole nitrogens is 1. The van der Waals surface area contributed by atoms with E-state index in [4.69, 9.17) is 14.2 Å². The maximum atomic E-state index is 13.1. The van der Waals surface area contributed by atoms with E-state index in [1.807, 2.05) is 12.1 Å². The fourth-order valence-electron chi connectivity index (χ4n) is 3.78. The molecule has 0 atom stereocenters. The van der Waals surface area contributed by atoms with Gasteiger partial charge in [-0.05, 0) is 53.6 Å². The van der Waals surface area contributed by atoms with Crippen LogP contribution in [0.1, 0.15) is 21.5 Å². The Morgan fingerprint density at radius 3 is 2.56 bits per heavy atom. The van der Waals surface area contributed by atoms with Crippen molar-refractivity contribution in [2.24, 2.45) is 0 Å². The van der Waals surface area contributed by atoms with Crippen LogP contribution in [0.15, 0.2) is 70.3 Å². The lowest BCUT2D eigenvalue weighted by atomic mass is 10.1. The predicted molar refractivity (Wildman–Crippen MR) is 125 cm³/mol. The minimum Gasteiger partial charge on any atom is -0.497 e. The Morgan fingerprint density at radius 2 is 1.76 bits per heavy atom. The molecule has 5 rings (SSSR count). The summed E-state index contributed by atoms with van der Waals surface area (Å²) >= 11 is 0. The molecule has 172 valence electrons. The first-order valence-corrected chi connectivity index (χ1v) is 10.6. The number of benzene rings is 3. The van der Waals surface area contributed by atoms with Crippen LogP contribution in [0.3, 0.4) is 0 Å². The number of carbonyl (C=O) groups is 1. The number of nitrogens with zero attached hydrogens (tertiary/aromatic N) is 1. The van der Waals surface area contributed by atoms with E-state index in [0.717, 1.165) is 15.7 Å². The van der Waals surface area contributed by atoms with Gasteiger partial charge in [0.1, 0.15) is 5.75 Å². The molecule has 0 bridgehead atoms. The highest BCUT2D eigenvalue weighted by molar-refractivity contribution is 5.97. The number of fused-ring (bicyclic) bond motifs is 2. The average molecular weight is 459 g/mol. The second-order valence-corrected chi connectivity index (χ2v) is 7.80. The van der Waals surface area contributed by atoms with E-state index in [0.29, 0.717) is 28.3 Å². The third kappa shape index (κ3) is 4.11. The van der Waals surface area contributed by atoms with Crippen molar-refractivity contribution < 1.29 is 19.0 Å². The van der Waals surface area contributed by atoms with E-state index in [1.54, 1.807) is 49.6 Å². The van der Waals surface area contributed by atoms with Gasteiger partial charge in [0.25, 0.3) is 11.5 Å². The van der Waals surface area contributed by atoms with E-state index < -0.39 is 11.2 Å². The molecule has 1 aromatic heterocycles. The van der Waals surface area contributed by atoms with E-state index in [2.05, 4.69) is 10.3 Å². The number of methoxy groups -OCH3 is 1. The van der Waals surface area contributed by atoms with Crippen LogP contribution in [0.25, 0.3) is 10.9 Å². The van der Waals surface area contributed by atoms with Crippen LogP contribution in [0.4, 0.5) is 0 Å². The van der Waals surface area contributed by atoms with Gasteiger partial charge in [-0.3, -0.25) is 14.2 Å². The number of aromatic amines is 1. The van der Waals surface area contributed by atoms with Gasteiger partial charge in [-0.2, -0.15) is 0 Å². The molecule has 0 saturated heterocycles. The summed E-state index contributed by atoms with van der Waals surface area (Å²) < 4.78 is 16.9. The lowest BCUT2D eigenvalue weighted by Gasteiger charge is -2.09. The molecule has 2 N–H and O–H groups in total. The lowest BCUT2D eigenvalue weighted by Crippen LogP contribution is -2.35. The molecule has 0 radical (unpaired) electrons. The van der Waals surface area contributed by atoms with Crippen molar-refractivity contribution in [1.82, 2.24) is 14.9 Å². The first kappa shape index (κ1) is 21.3. The van der Waals surface area contributed by atoms with Gasteiger partial charge in [0.15, 0.2) is 11.5 Å². The summed E-state index contributed by atoms with van der Waals surface area (Å²) in [5, 5.41) is 3.09. The van der Waals surface area contributed by atoms with Crippen molar-refractivity contribution in [2.45, 2.75) is 13.1 Å². The summed E-state index contributed by atoms with van der Waals surface area (Å²) in [6, 6.07) is 17.2. The molecule has 1 aliphatic rings. The molecule has 1 amide bonds. The van der Waals surface area contributed by atoms with E-state index in [-0.39, 0.29) is 31.2 Å². The number of ether oxygens (including phenoxy) is 3. The predicted octanol–water partition coefficient (Wildman–Crippen LogP) is 2.41. The summed E-state index contributed by atoms with van der Waals surface area (Å²) in [5.74, 6) is 1.65. The fraction of sp³-hybridized carbons (Fsp3) is 0.160. The smallest absolute Gasteiger partial charge is 0.329 e. The van der Waals surface area contributed by atoms with Crippen LogP contribution >= 0.6 is 0 Å². The molecule has 0 aliphatic carbocycles. The molecular formula is C25H21N3O6. The van der Waals surface area contributed by atoms with Crippen molar-refractivity contribution in [3.8, 4) is 17.2 Å². The van der Waals surface area contributed by atoms with Gasteiger partial charge in [-0.1, -0.05) is 18.2 Å². The van der Waals surface area contributed by atoms with Gasteiger partial charge in [0.05, 0.1) is 24.6 Å². The van der Waals surface area contributed by atoms with E-state index >= 15 is 0 Å². The highest BCUT2D eigenvalue weighted by atomic mass is 16.7. The highest BCUT2D eigenvalue weighted by Crippen LogP contribution is 2.32. The van der Waals surface area contributed by atoms with Crippen molar-refractivity contribution in [3.63, 3.8) is 0 Å². The zero-order chi connectivity index (χ0) is 23.7. The number of hydrogen-bond acceptors (Lipinski definition) is 6. The molecule has 9 nitrogen and oxygen atoms in total. The molecule has 34 heavy (non-hydrogen) atoms. The number of hydrogen-bond donors (Lipinski definition) is 2. The first-order valence-electron chi connectivity index (χ1n) is 10.6. The summed E-state index contributed by atoms with van der Waals surface area (Å²) in [6.07, 6.45) is 0. The topological polar surface area (TPSA) is 112 Å². The third-order valence-electron chi connectivity index (χ3n) is 5.63. The number of amides is 1. The minimum absolute atomic E-state index is 0.0919. The van der Waals surface area contributed by atoms with Crippen molar-refractivity contribution in [1.29, 1.82) is 0 Å². The van der Waals surface area contributed by atoms with Gasteiger partial charge >= 0.3 is 5.69 Å². The molecule has 1 aliphatic heterocycles. The Balaban J connectivity index is 1.38. The van der Waals surface area contributed by atoms with Crippen LogP contribution < -0.4 is 30.8 Å². The van der Waals surface area contributed by atoms with Gasteiger partial charge in [0, 0.05) is 12.1 Å². The quantitative estimate of drug-likeness (QED) is 0.458. The van der Waals surface area contributed by atoms with Crippen LogP contribution in [-0.4, -0.2) is 29.4 Å². The molecule has 0 spiro atoms. The van der Waals surface area contributed by atoms with Crippen LogP contribution in [0.5, 0.6) is 17.2 Å². The van der Waals surface area contributed by atoms with Crippen LogP contribution in [0.2, 0.25) is 0 Å². The van der Waals surface area contributed by atoms with Crippen molar-refractivity contribution in [2.75, 3.05) is 13.9 Å². The van der Waals surface area contributed by atoms with Gasteiger partial charge in [-0.15, -0.1) is 0 Å². The number of carbonyl (C=O) groups excluding carboxylic acids is 1. The summed E-state index contributed by atoms with van der Waals surface area (Å²) in [7, 11) is 1.57. The van der Waals surface area contributed by atoms with Crippen molar-refractivity contribution >= 4 is 16.8 Å². The molecule has 0 fully saturated rings. The zero-order valence-electron chi connectivity index (χ0n) is 18.3. The Morgan fingerprint density at radius 1 is 1.00 bits per heavy atom. The standard InChI is InChI=1S/C25H21N3O6/c1-32-18-6-2-15(3-7-18)13-28-24(30)19-11-17(5-8-20(19)27-25(28)31)23(29)26-12-16-4-9-21-22(10-16)34-14-33-21/h2-11H,12-14H2,1H3,(H,26,29)(H,27,31). The summed E-state index contributed by atoms with van der Waals surface area (Å²) in [6.45, 7) is 0.551. The second-order valence-electron chi connectivity index (χ2n) is 7.80. The normalized spacial score (nSPS) is 12.0. The minimum atomic E-state index is -0.520. The maximum Gasteiger partial charge on any atom is 0.329 e. The highest BCUT2D eigenvalue weighted by Gasteiger charge is 2.15. The van der Waals surface area contributed by atoms with Crippen molar-refractivity contribution in [3.05, 3.63) is 98.2 Å². The molecule has 0 unspecified atom stereocenters. The van der Waals surface area contributed by atoms with Gasteiger partial charge in [0.2, 0.25) is 6.79 Å². The van der Waals surface area contributed by atoms with Crippen LogP contribution in [0, 0.1) is 0 Å². The molecule has 9 heteroatoms. The van der Waals surface area contributed by atoms with E-state index in [9.17, 15) is 14.4 Å². The fourth-order valence-corrected chi connectivity index (χ4v) is 3.78. The molecule has 3 aromatic carbocycles. The monoisotopic (exact) mass is 459 g/mol. The Hall–Kier alpha value is -4.53. The number of nitrogens with one attached hydrogen (secondary N) is 2. The molecule has 2 heterocycles. The zero-order valence-corrected chi connectivity index (χ0v) is 18.3. The second kappa shape index (κ2) is 8.78. The Bertz CT molecular complexity index is 1500. The number of rotatable bonds is 6. The number of aromatic nitrogens is 2. The van der Waals surface area contributed by atoms with Crippen LogP contribution in [-0.2, 0) is 13.1 Å². The molecule has 4 aromatic rings. The van der Waals surface area contributed by atoms with Gasteiger partial charge in [-0.25, -0.2) is 4.79 Å². The SMILES string of the molecule is COc1ccc(Cn2c(=O)[nH]c3ccc(C(=O)NCc4ccc5c(c4)OCO5)cc3c2=O)cc1. The lowest BCUT2D eigenvalue weighted by molar-refractivity contribution is 0.0951. The molecular weight excluding hydrogens is 438 g/mol. The molecule has 0 saturated carbocycles. The van der Waals surface area contributed by atoms with E-state index in [1.165, 1.54) is 6.07 Å². The Labute approximate surface area is 193 Å². The summed E-state index contributed by atoms with van der Waals surface area (Å²) in [5.41, 5.74) is 1.31. The summed E-state index contributed by atoms with van der Waals surface area (Å²) in [4.78, 5) is 41.1. The maximum absolute atomic E-state index is 13.1. The average Bonchev–Trinajstić information content (AvgIpc) is 3.33. The first-order chi connectivity index (χ1) is 16.5. The van der Waals surface area contributed by atoms with Gasteiger partial charge < -0.3 is 24.5 Å². The Kier molecular flexibility index (Phi) is 5.51. The largest absolute Gasteiger partial charge is 0.497 e.